The van der Waals surface area contributed by atoms with Crippen LogP contribution in [0.3, 0.4) is 0 Å². The summed E-state index contributed by atoms with van der Waals surface area (Å²) in [5.41, 5.74) is 0. The number of aliphatic hydroxyl groups excluding tert-OH is 1. The van der Waals surface area contributed by atoms with Crippen molar-refractivity contribution in [1.82, 2.24) is 4.90 Å². The minimum Gasteiger partial charge on any atom is -0.493 e. The molecule has 0 aromatic heterocycles. The quantitative estimate of drug-likeness (QED) is 0.721. The Morgan fingerprint density at radius 2 is 1.71 bits per heavy atom. The Morgan fingerprint density at radius 3 is 2.29 bits per heavy atom. The smallest absolute Gasteiger partial charge is 0.205 e. The summed E-state index contributed by atoms with van der Waals surface area (Å²) in [7, 11) is 3.15. The molecular weight excluding hydrogens is 382 g/mol. The summed E-state index contributed by atoms with van der Waals surface area (Å²) in [5, 5.41) is 11.0. The zero-order valence-electron chi connectivity index (χ0n) is 16.3. The van der Waals surface area contributed by atoms with E-state index in [1.165, 1.54) is 0 Å². The van der Waals surface area contributed by atoms with Crippen molar-refractivity contribution in [2.75, 3.05) is 27.3 Å². The average molecular weight is 408 g/mol. The molecule has 1 N–H and O–H groups in total. The highest BCUT2D eigenvalue weighted by Gasteiger charge is 2.34. The van der Waals surface area contributed by atoms with Gasteiger partial charge in [-0.15, -0.1) is 0 Å². The van der Waals surface area contributed by atoms with Crippen LogP contribution < -0.4 is 18.9 Å². The third-order valence-corrected chi connectivity index (χ3v) is 4.94. The van der Waals surface area contributed by atoms with E-state index in [2.05, 4.69) is 4.90 Å². The number of nitrogens with zero attached hydrogens (tertiary/aromatic N) is 1. The van der Waals surface area contributed by atoms with Gasteiger partial charge in [0.15, 0.2) is 17.7 Å². The van der Waals surface area contributed by atoms with Gasteiger partial charge in [-0.1, -0.05) is 17.7 Å². The van der Waals surface area contributed by atoms with Gasteiger partial charge in [0.25, 0.3) is 0 Å². The molecule has 28 heavy (non-hydrogen) atoms. The summed E-state index contributed by atoms with van der Waals surface area (Å²) in [5.74, 6) is 2.36. The van der Waals surface area contributed by atoms with E-state index in [1.54, 1.807) is 45.4 Å². The van der Waals surface area contributed by atoms with E-state index >= 15 is 0 Å². The minimum absolute atomic E-state index is 0.00518. The number of methoxy groups -OCH3 is 2. The van der Waals surface area contributed by atoms with E-state index in [0.29, 0.717) is 28.8 Å². The molecule has 1 aliphatic rings. The molecule has 2 aromatic rings. The Bertz CT molecular complexity index is 746. The molecule has 1 saturated heterocycles. The number of aliphatic hydroxyl groups is 1. The van der Waals surface area contributed by atoms with Crippen LogP contribution >= 0.6 is 11.6 Å². The van der Waals surface area contributed by atoms with E-state index in [1.807, 2.05) is 18.2 Å². The third kappa shape index (κ3) is 4.82. The number of ether oxygens (including phenoxy) is 4. The first-order valence-corrected chi connectivity index (χ1v) is 9.61. The molecule has 0 bridgehead atoms. The molecule has 0 aliphatic carbocycles. The highest BCUT2D eigenvalue weighted by atomic mass is 35.5. The van der Waals surface area contributed by atoms with Gasteiger partial charge in [0.1, 0.15) is 18.0 Å². The maximum Gasteiger partial charge on any atom is 0.205 e. The molecule has 1 fully saturated rings. The lowest BCUT2D eigenvalue weighted by molar-refractivity contribution is -0.0529. The first-order valence-electron chi connectivity index (χ1n) is 9.23. The number of rotatable bonds is 8. The predicted molar refractivity (Wildman–Crippen MR) is 108 cm³/mol. The summed E-state index contributed by atoms with van der Waals surface area (Å²) >= 11 is 5.93. The molecule has 1 heterocycles. The van der Waals surface area contributed by atoms with Crippen LogP contribution in [0.1, 0.15) is 13.3 Å². The fraction of sp³-hybridized carbons (Fsp3) is 0.429. The second-order valence-corrected chi connectivity index (χ2v) is 7.15. The lowest BCUT2D eigenvalue weighted by Gasteiger charge is -2.31. The fourth-order valence-electron chi connectivity index (χ4n) is 3.32. The standard InChI is InChI=1S/C21H26ClNO5/c1-14(24)21(28-20-18(25-2)5-4-6-19(20)26-3)23-12-11-17(13-23)27-16-9-7-15(22)8-10-16/h4-10,14,17,21,24H,11-13H2,1-3H3. The number of para-hydroxylation sites is 1. The summed E-state index contributed by atoms with van der Waals surface area (Å²) in [6.45, 7) is 3.08. The molecule has 3 rings (SSSR count). The number of hydrogen-bond donors (Lipinski definition) is 1. The molecule has 0 amide bonds. The number of likely N-dealkylation sites (tertiary alicyclic amines) is 1. The van der Waals surface area contributed by atoms with Crippen molar-refractivity contribution in [2.45, 2.75) is 31.8 Å². The van der Waals surface area contributed by atoms with Crippen LogP contribution in [0.5, 0.6) is 23.0 Å². The predicted octanol–water partition coefficient (Wildman–Crippen LogP) is 3.60. The van der Waals surface area contributed by atoms with Crippen molar-refractivity contribution in [3.63, 3.8) is 0 Å². The number of hydrogen-bond acceptors (Lipinski definition) is 6. The number of halogens is 1. The second-order valence-electron chi connectivity index (χ2n) is 6.72. The van der Waals surface area contributed by atoms with Crippen molar-refractivity contribution >= 4 is 11.6 Å². The zero-order chi connectivity index (χ0) is 20.1. The average Bonchev–Trinajstić information content (AvgIpc) is 3.15. The normalized spacial score (nSPS) is 19.1. The van der Waals surface area contributed by atoms with Crippen LogP contribution in [0, 0.1) is 0 Å². The molecular formula is C21H26ClNO5. The van der Waals surface area contributed by atoms with Gasteiger partial charge in [-0.05, 0) is 49.7 Å². The lowest BCUT2D eigenvalue weighted by Crippen LogP contribution is -2.46. The van der Waals surface area contributed by atoms with Gasteiger partial charge in [0.05, 0.1) is 14.2 Å². The van der Waals surface area contributed by atoms with Crippen molar-refractivity contribution in [3.8, 4) is 23.0 Å². The van der Waals surface area contributed by atoms with Crippen LogP contribution in [0.4, 0.5) is 0 Å². The molecule has 0 radical (unpaired) electrons. The van der Waals surface area contributed by atoms with Gasteiger partial charge in [-0.2, -0.15) is 0 Å². The molecule has 7 heteroatoms. The molecule has 0 saturated carbocycles. The van der Waals surface area contributed by atoms with Crippen molar-refractivity contribution in [3.05, 3.63) is 47.5 Å². The van der Waals surface area contributed by atoms with E-state index < -0.39 is 12.3 Å². The Morgan fingerprint density at radius 1 is 1.07 bits per heavy atom. The molecule has 152 valence electrons. The van der Waals surface area contributed by atoms with Crippen LogP contribution in [-0.4, -0.2) is 55.8 Å². The minimum atomic E-state index is -0.719. The molecule has 3 unspecified atom stereocenters. The third-order valence-electron chi connectivity index (χ3n) is 4.69. The van der Waals surface area contributed by atoms with Crippen LogP contribution in [0.15, 0.2) is 42.5 Å². The molecule has 2 aromatic carbocycles. The van der Waals surface area contributed by atoms with Crippen molar-refractivity contribution < 1.29 is 24.1 Å². The largest absolute Gasteiger partial charge is 0.493 e. The summed E-state index contributed by atoms with van der Waals surface area (Å²) in [6.07, 6.45) is -0.434. The van der Waals surface area contributed by atoms with E-state index in [9.17, 15) is 5.11 Å². The van der Waals surface area contributed by atoms with Crippen LogP contribution in [0.25, 0.3) is 0 Å². The summed E-state index contributed by atoms with van der Waals surface area (Å²) < 4.78 is 23.0. The maximum atomic E-state index is 10.4. The number of benzene rings is 2. The molecule has 6 nitrogen and oxygen atoms in total. The van der Waals surface area contributed by atoms with E-state index in [-0.39, 0.29) is 6.10 Å². The monoisotopic (exact) mass is 407 g/mol. The second kappa shape index (κ2) is 9.37. The first-order chi connectivity index (χ1) is 13.5. The Balaban J connectivity index is 1.71. The van der Waals surface area contributed by atoms with E-state index in [0.717, 1.165) is 18.7 Å². The summed E-state index contributed by atoms with van der Waals surface area (Å²) in [6, 6.07) is 12.7. The lowest BCUT2D eigenvalue weighted by atomic mass is 10.2. The van der Waals surface area contributed by atoms with E-state index in [4.69, 9.17) is 30.5 Å². The van der Waals surface area contributed by atoms with Crippen molar-refractivity contribution in [1.29, 1.82) is 0 Å². The molecule has 0 spiro atoms. The fourth-order valence-corrected chi connectivity index (χ4v) is 3.45. The zero-order valence-corrected chi connectivity index (χ0v) is 17.1. The molecule has 3 atom stereocenters. The van der Waals surface area contributed by atoms with Gasteiger partial charge < -0.3 is 24.1 Å². The van der Waals surface area contributed by atoms with Gasteiger partial charge in [0, 0.05) is 18.1 Å². The maximum absolute atomic E-state index is 10.4. The van der Waals surface area contributed by atoms with Crippen LogP contribution in [-0.2, 0) is 0 Å². The Labute approximate surface area is 170 Å². The molecule has 1 aliphatic heterocycles. The van der Waals surface area contributed by atoms with Crippen LogP contribution in [0.2, 0.25) is 5.02 Å². The van der Waals surface area contributed by atoms with Gasteiger partial charge in [-0.25, -0.2) is 0 Å². The topological polar surface area (TPSA) is 60.4 Å². The van der Waals surface area contributed by atoms with Gasteiger partial charge in [0.2, 0.25) is 5.75 Å². The van der Waals surface area contributed by atoms with Gasteiger partial charge >= 0.3 is 0 Å². The first kappa shape index (κ1) is 20.6. The highest BCUT2D eigenvalue weighted by Crippen LogP contribution is 2.38. The summed E-state index contributed by atoms with van der Waals surface area (Å²) in [4.78, 5) is 2.07. The van der Waals surface area contributed by atoms with Crippen molar-refractivity contribution in [2.24, 2.45) is 0 Å². The van der Waals surface area contributed by atoms with Gasteiger partial charge in [-0.3, -0.25) is 4.90 Å². The SMILES string of the molecule is COc1cccc(OC)c1OC(C(C)O)N1CCC(Oc2ccc(Cl)cc2)C1. The Kier molecular flexibility index (Phi) is 6.88. The Hall–Kier alpha value is -2.15. The highest BCUT2D eigenvalue weighted by molar-refractivity contribution is 6.30.